The highest BCUT2D eigenvalue weighted by Gasteiger charge is 2.20. The zero-order valence-electron chi connectivity index (χ0n) is 14.6. The fourth-order valence-electron chi connectivity index (χ4n) is 3.39. The molecule has 0 amide bonds. The van der Waals surface area contributed by atoms with Gasteiger partial charge < -0.3 is 0 Å². The van der Waals surface area contributed by atoms with Gasteiger partial charge in [-0.25, -0.2) is 15.0 Å². The second kappa shape index (κ2) is 6.96. The van der Waals surface area contributed by atoms with Gasteiger partial charge in [0.2, 0.25) is 0 Å². The Morgan fingerprint density at radius 1 is 0.920 bits per heavy atom. The summed E-state index contributed by atoms with van der Waals surface area (Å²) in [5, 5.41) is 0. The van der Waals surface area contributed by atoms with Gasteiger partial charge in [0.15, 0.2) is 5.82 Å². The summed E-state index contributed by atoms with van der Waals surface area (Å²) < 4.78 is 0. The van der Waals surface area contributed by atoms with Gasteiger partial charge in [-0.1, -0.05) is 18.2 Å². The quantitative estimate of drug-likeness (QED) is 0.617. The van der Waals surface area contributed by atoms with Crippen LogP contribution in [-0.4, -0.2) is 21.2 Å². The van der Waals surface area contributed by atoms with Crippen LogP contribution < -0.4 is 0 Å². The molecule has 0 N–H and O–H groups in total. The van der Waals surface area contributed by atoms with Crippen molar-refractivity contribution in [2.24, 2.45) is 0 Å². The first-order valence-electron chi connectivity index (χ1n) is 8.73. The molecule has 2 heterocycles. The summed E-state index contributed by atoms with van der Waals surface area (Å²) in [5.41, 5.74) is 6.63. The Morgan fingerprint density at radius 2 is 1.76 bits per heavy atom. The van der Waals surface area contributed by atoms with Crippen molar-refractivity contribution in [3.8, 4) is 22.8 Å². The number of fused-ring (bicyclic) bond motifs is 1. The summed E-state index contributed by atoms with van der Waals surface area (Å²) >= 11 is 1.76. The van der Waals surface area contributed by atoms with Crippen molar-refractivity contribution in [3.05, 3.63) is 59.4 Å². The average Bonchev–Trinajstić information content (AvgIpc) is 2.67. The molecule has 4 heteroatoms. The SMILES string of the molecule is CSc1cccc(-c2nc(-c3cccc(C)n3)nc3c2CCCC3)c1. The molecule has 0 radical (unpaired) electrons. The first-order chi connectivity index (χ1) is 12.2. The van der Waals surface area contributed by atoms with Crippen molar-refractivity contribution in [1.29, 1.82) is 0 Å². The molecule has 4 rings (SSSR count). The number of thioether (sulfide) groups is 1. The van der Waals surface area contributed by atoms with E-state index in [1.165, 1.54) is 34.6 Å². The summed E-state index contributed by atoms with van der Waals surface area (Å²) in [6.45, 7) is 2.00. The maximum absolute atomic E-state index is 4.96. The van der Waals surface area contributed by atoms with Gasteiger partial charge in [0, 0.05) is 27.4 Å². The Morgan fingerprint density at radius 3 is 2.60 bits per heavy atom. The van der Waals surface area contributed by atoms with Crippen LogP contribution in [0.2, 0.25) is 0 Å². The molecule has 1 aromatic carbocycles. The minimum atomic E-state index is 0.744. The molecule has 0 saturated carbocycles. The third kappa shape index (κ3) is 3.31. The number of pyridine rings is 1. The molecule has 0 aliphatic heterocycles. The van der Waals surface area contributed by atoms with E-state index < -0.39 is 0 Å². The van der Waals surface area contributed by atoms with Crippen molar-refractivity contribution < 1.29 is 0 Å². The van der Waals surface area contributed by atoms with Crippen molar-refractivity contribution in [1.82, 2.24) is 15.0 Å². The largest absolute Gasteiger partial charge is 0.250 e. The molecule has 0 unspecified atom stereocenters. The van der Waals surface area contributed by atoms with Gasteiger partial charge in [-0.05, 0) is 63.1 Å². The smallest absolute Gasteiger partial charge is 0.178 e. The molecule has 0 saturated heterocycles. The minimum absolute atomic E-state index is 0.744. The molecule has 1 aliphatic carbocycles. The van der Waals surface area contributed by atoms with Crippen LogP contribution >= 0.6 is 11.8 Å². The summed E-state index contributed by atoms with van der Waals surface area (Å²) in [7, 11) is 0. The first-order valence-corrected chi connectivity index (χ1v) is 9.95. The van der Waals surface area contributed by atoms with Gasteiger partial charge in [0.25, 0.3) is 0 Å². The lowest BCUT2D eigenvalue weighted by molar-refractivity contribution is 0.665. The van der Waals surface area contributed by atoms with Gasteiger partial charge in [0.05, 0.1) is 5.69 Å². The monoisotopic (exact) mass is 347 g/mol. The number of aryl methyl sites for hydroxylation is 2. The van der Waals surface area contributed by atoms with Crippen LogP contribution in [0.3, 0.4) is 0 Å². The van der Waals surface area contributed by atoms with Gasteiger partial charge in [-0.15, -0.1) is 11.8 Å². The molecular formula is C21H21N3S. The van der Waals surface area contributed by atoms with E-state index in [2.05, 4.69) is 35.5 Å². The predicted molar refractivity (Wildman–Crippen MR) is 104 cm³/mol. The highest BCUT2D eigenvalue weighted by molar-refractivity contribution is 7.98. The Kier molecular flexibility index (Phi) is 4.53. The molecule has 0 bridgehead atoms. The van der Waals surface area contributed by atoms with Gasteiger partial charge in [-0.2, -0.15) is 0 Å². The van der Waals surface area contributed by atoms with Gasteiger partial charge in [-0.3, -0.25) is 0 Å². The minimum Gasteiger partial charge on any atom is -0.250 e. The highest BCUT2D eigenvalue weighted by atomic mass is 32.2. The Hall–Kier alpha value is -2.20. The summed E-state index contributed by atoms with van der Waals surface area (Å²) in [5.74, 6) is 0.744. The normalized spacial score (nSPS) is 13.5. The Labute approximate surface area is 153 Å². The second-order valence-electron chi connectivity index (χ2n) is 6.42. The van der Waals surface area contributed by atoms with E-state index in [1.807, 2.05) is 25.1 Å². The topological polar surface area (TPSA) is 38.7 Å². The van der Waals surface area contributed by atoms with E-state index in [4.69, 9.17) is 9.97 Å². The Bertz CT molecular complexity index is 921. The van der Waals surface area contributed by atoms with E-state index in [0.717, 1.165) is 35.7 Å². The molecule has 3 nitrogen and oxygen atoms in total. The highest BCUT2D eigenvalue weighted by Crippen LogP contribution is 2.32. The molecule has 3 aromatic rings. The lowest BCUT2D eigenvalue weighted by atomic mass is 9.92. The molecule has 0 spiro atoms. The van der Waals surface area contributed by atoms with Crippen LogP contribution in [0.4, 0.5) is 0 Å². The Balaban J connectivity index is 1.91. The molecule has 2 aromatic heterocycles. The summed E-state index contributed by atoms with van der Waals surface area (Å²) in [6.07, 6.45) is 6.63. The number of hydrogen-bond acceptors (Lipinski definition) is 4. The number of benzene rings is 1. The second-order valence-corrected chi connectivity index (χ2v) is 7.30. The lowest BCUT2D eigenvalue weighted by Crippen LogP contribution is -2.11. The predicted octanol–water partition coefficient (Wildman–Crippen LogP) is 5.11. The number of hydrogen-bond donors (Lipinski definition) is 0. The maximum Gasteiger partial charge on any atom is 0.178 e. The molecule has 0 atom stereocenters. The van der Waals surface area contributed by atoms with Crippen LogP contribution in [0.5, 0.6) is 0 Å². The molecule has 1 aliphatic rings. The van der Waals surface area contributed by atoms with Crippen molar-refractivity contribution in [2.45, 2.75) is 37.5 Å². The number of aromatic nitrogens is 3. The molecule has 126 valence electrons. The molecular weight excluding hydrogens is 326 g/mol. The number of rotatable bonds is 3. The third-order valence-electron chi connectivity index (χ3n) is 4.64. The van der Waals surface area contributed by atoms with E-state index in [0.29, 0.717) is 0 Å². The van der Waals surface area contributed by atoms with Crippen molar-refractivity contribution in [2.75, 3.05) is 6.26 Å². The standard InChI is InChI=1S/C21H21N3S/c1-14-7-5-12-19(22-14)21-23-18-11-4-3-10-17(18)20(24-21)15-8-6-9-16(13-15)25-2/h5-9,12-13H,3-4,10-11H2,1-2H3. The zero-order chi connectivity index (χ0) is 17.2. The molecule has 0 fully saturated rings. The van der Waals surface area contributed by atoms with E-state index in [-0.39, 0.29) is 0 Å². The van der Waals surface area contributed by atoms with E-state index in [9.17, 15) is 0 Å². The average molecular weight is 347 g/mol. The van der Waals surface area contributed by atoms with Gasteiger partial charge >= 0.3 is 0 Å². The third-order valence-corrected chi connectivity index (χ3v) is 5.37. The van der Waals surface area contributed by atoms with Crippen LogP contribution in [0.15, 0.2) is 47.4 Å². The van der Waals surface area contributed by atoms with Crippen molar-refractivity contribution >= 4 is 11.8 Å². The fourth-order valence-corrected chi connectivity index (χ4v) is 3.84. The van der Waals surface area contributed by atoms with E-state index in [1.54, 1.807) is 11.8 Å². The van der Waals surface area contributed by atoms with Crippen molar-refractivity contribution in [3.63, 3.8) is 0 Å². The van der Waals surface area contributed by atoms with Crippen LogP contribution in [0.1, 0.15) is 29.8 Å². The number of nitrogens with zero attached hydrogens (tertiary/aromatic N) is 3. The summed E-state index contributed by atoms with van der Waals surface area (Å²) in [4.78, 5) is 15.7. The zero-order valence-corrected chi connectivity index (χ0v) is 15.4. The fraction of sp³-hybridized carbons (Fsp3) is 0.286. The molecule has 25 heavy (non-hydrogen) atoms. The van der Waals surface area contributed by atoms with E-state index >= 15 is 0 Å². The lowest BCUT2D eigenvalue weighted by Gasteiger charge is -2.19. The van der Waals surface area contributed by atoms with Gasteiger partial charge in [0.1, 0.15) is 5.69 Å². The van der Waals surface area contributed by atoms with Crippen LogP contribution in [0.25, 0.3) is 22.8 Å². The van der Waals surface area contributed by atoms with Crippen LogP contribution in [-0.2, 0) is 12.8 Å². The van der Waals surface area contributed by atoms with Crippen LogP contribution in [0, 0.1) is 6.92 Å². The first kappa shape index (κ1) is 16.3. The summed E-state index contributed by atoms with van der Waals surface area (Å²) in [6, 6.07) is 14.7. The maximum atomic E-state index is 4.96.